The SMILES string of the molecule is CNCCC(C)(C)CC1CC2CCC1C2. The first-order chi connectivity index (χ1) is 7.11. The quantitative estimate of drug-likeness (QED) is 0.731. The highest BCUT2D eigenvalue weighted by atomic mass is 14.8. The van der Waals surface area contributed by atoms with E-state index in [4.69, 9.17) is 0 Å². The molecule has 2 bridgehead atoms. The van der Waals surface area contributed by atoms with Crippen molar-refractivity contribution in [2.75, 3.05) is 13.6 Å². The first-order valence-electron chi connectivity index (χ1n) is 6.75. The Balaban J connectivity index is 1.80. The van der Waals surface area contributed by atoms with E-state index in [-0.39, 0.29) is 0 Å². The first kappa shape index (κ1) is 11.4. The maximum Gasteiger partial charge on any atom is -0.00468 e. The molecule has 3 unspecified atom stereocenters. The van der Waals surface area contributed by atoms with E-state index in [1.807, 2.05) is 0 Å². The molecule has 0 aromatic carbocycles. The Hall–Kier alpha value is -0.0400. The molecule has 2 aliphatic carbocycles. The first-order valence-corrected chi connectivity index (χ1v) is 6.75. The van der Waals surface area contributed by atoms with Crippen molar-refractivity contribution in [2.24, 2.45) is 23.2 Å². The lowest BCUT2D eigenvalue weighted by Gasteiger charge is -2.32. The summed E-state index contributed by atoms with van der Waals surface area (Å²) in [5.74, 6) is 3.28. The summed E-state index contributed by atoms with van der Waals surface area (Å²) in [7, 11) is 2.06. The number of hydrogen-bond acceptors (Lipinski definition) is 1. The van der Waals surface area contributed by atoms with Crippen LogP contribution in [0.1, 0.15) is 52.4 Å². The van der Waals surface area contributed by atoms with E-state index < -0.39 is 0 Å². The van der Waals surface area contributed by atoms with Gasteiger partial charge in [0, 0.05) is 0 Å². The van der Waals surface area contributed by atoms with E-state index in [0.29, 0.717) is 5.41 Å². The van der Waals surface area contributed by atoms with Crippen LogP contribution in [0, 0.1) is 23.2 Å². The molecule has 3 atom stereocenters. The second-order valence-corrected chi connectivity index (χ2v) is 6.66. The summed E-state index contributed by atoms with van der Waals surface area (Å²) in [6, 6.07) is 0. The van der Waals surface area contributed by atoms with Crippen molar-refractivity contribution in [2.45, 2.75) is 52.4 Å². The van der Waals surface area contributed by atoms with Gasteiger partial charge < -0.3 is 5.32 Å². The number of hydrogen-bond donors (Lipinski definition) is 1. The van der Waals surface area contributed by atoms with Crippen LogP contribution < -0.4 is 5.32 Å². The van der Waals surface area contributed by atoms with Gasteiger partial charge in [-0.05, 0) is 68.9 Å². The molecule has 0 saturated heterocycles. The molecule has 1 heteroatoms. The Bertz CT molecular complexity index is 209. The molecule has 2 aliphatic rings. The minimum absolute atomic E-state index is 0.554. The molecular formula is C14H27N. The van der Waals surface area contributed by atoms with Gasteiger partial charge in [0.25, 0.3) is 0 Å². The summed E-state index contributed by atoms with van der Waals surface area (Å²) in [6.45, 7) is 6.08. The van der Waals surface area contributed by atoms with E-state index in [9.17, 15) is 0 Å². The molecule has 88 valence electrons. The molecule has 0 aromatic rings. The highest BCUT2D eigenvalue weighted by molar-refractivity contribution is 4.92. The molecule has 1 N–H and O–H groups in total. The molecule has 0 aliphatic heterocycles. The van der Waals surface area contributed by atoms with Gasteiger partial charge in [-0.25, -0.2) is 0 Å². The predicted molar refractivity (Wildman–Crippen MR) is 65.9 cm³/mol. The number of nitrogens with one attached hydrogen (secondary N) is 1. The fraction of sp³-hybridized carbons (Fsp3) is 1.00. The van der Waals surface area contributed by atoms with Crippen LogP contribution >= 0.6 is 0 Å². The lowest BCUT2D eigenvalue weighted by Crippen LogP contribution is -2.24. The Kier molecular flexibility index (Phi) is 3.39. The van der Waals surface area contributed by atoms with Crippen molar-refractivity contribution in [1.82, 2.24) is 5.32 Å². The monoisotopic (exact) mass is 209 g/mol. The van der Waals surface area contributed by atoms with Gasteiger partial charge in [-0.1, -0.05) is 20.3 Å². The molecule has 0 spiro atoms. The zero-order valence-corrected chi connectivity index (χ0v) is 10.7. The average molecular weight is 209 g/mol. The molecule has 2 rings (SSSR count). The van der Waals surface area contributed by atoms with E-state index in [1.165, 1.54) is 32.2 Å². The van der Waals surface area contributed by atoms with Crippen molar-refractivity contribution in [3.05, 3.63) is 0 Å². The summed E-state index contributed by atoms with van der Waals surface area (Å²) in [4.78, 5) is 0. The third-order valence-electron chi connectivity index (χ3n) is 4.75. The molecular weight excluding hydrogens is 182 g/mol. The van der Waals surface area contributed by atoms with E-state index in [0.717, 1.165) is 17.8 Å². The topological polar surface area (TPSA) is 12.0 Å². The van der Waals surface area contributed by atoms with Crippen LogP contribution in [0.5, 0.6) is 0 Å². The molecule has 0 heterocycles. The Morgan fingerprint density at radius 2 is 2.00 bits per heavy atom. The molecule has 2 saturated carbocycles. The van der Waals surface area contributed by atoms with E-state index >= 15 is 0 Å². The fourth-order valence-electron chi connectivity index (χ4n) is 3.90. The van der Waals surface area contributed by atoms with Crippen LogP contribution in [-0.4, -0.2) is 13.6 Å². The zero-order valence-electron chi connectivity index (χ0n) is 10.7. The van der Waals surface area contributed by atoms with Crippen LogP contribution in [0.4, 0.5) is 0 Å². The van der Waals surface area contributed by atoms with E-state index in [2.05, 4.69) is 26.2 Å². The lowest BCUT2D eigenvalue weighted by molar-refractivity contribution is 0.196. The molecule has 0 aromatic heterocycles. The van der Waals surface area contributed by atoms with Crippen LogP contribution in [0.25, 0.3) is 0 Å². The highest BCUT2D eigenvalue weighted by Crippen LogP contribution is 2.52. The maximum absolute atomic E-state index is 3.28. The van der Waals surface area contributed by atoms with Gasteiger partial charge in [-0.2, -0.15) is 0 Å². The van der Waals surface area contributed by atoms with Crippen LogP contribution in [-0.2, 0) is 0 Å². The summed E-state index contributed by atoms with van der Waals surface area (Å²) in [6.07, 6.45) is 8.99. The van der Waals surface area contributed by atoms with Gasteiger partial charge in [-0.3, -0.25) is 0 Å². The van der Waals surface area contributed by atoms with Crippen LogP contribution in [0.2, 0.25) is 0 Å². The third-order valence-corrected chi connectivity index (χ3v) is 4.75. The molecule has 15 heavy (non-hydrogen) atoms. The minimum Gasteiger partial charge on any atom is -0.320 e. The Morgan fingerprint density at radius 1 is 1.20 bits per heavy atom. The maximum atomic E-state index is 3.28. The Morgan fingerprint density at radius 3 is 2.53 bits per heavy atom. The number of fused-ring (bicyclic) bond motifs is 2. The van der Waals surface area contributed by atoms with Crippen molar-refractivity contribution in [3.8, 4) is 0 Å². The van der Waals surface area contributed by atoms with Gasteiger partial charge in [0.1, 0.15) is 0 Å². The van der Waals surface area contributed by atoms with Crippen molar-refractivity contribution >= 4 is 0 Å². The molecule has 0 amide bonds. The van der Waals surface area contributed by atoms with Gasteiger partial charge in [0.05, 0.1) is 0 Å². The summed E-state index contributed by atoms with van der Waals surface area (Å²) >= 11 is 0. The average Bonchev–Trinajstić information content (AvgIpc) is 2.75. The highest BCUT2D eigenvalue weighted by Gasteiger charge is 2.41. The normalized spacial score (nSPS) is 35.0. The summed E-state index contributed by atoms with van der Waals surface area (Å²) in [5.41, 5.74) is 0.554. The number of rotatable bonds is 5. The van der Waals surface area contributed by atoms with Gasteiger partial charge in [-0.15, -0.1) is 0 Å². The largest absolute Gasteiger partial charge is 0.320 e. The second kappa shape index (κ2) is 4.45. The lowest BCUT2D eigenvalue weighted by atomic mass is 9.74. The van der Waals surface area contributed by atoms with Crippen molar-refractivity contribution < 1.29 is 0 Å². The zero-order chi connectivity index (χ0) is 10.9. The summed E-state index contributed by atoms with van der Waals surface area (Å²) in [5, 5.41) is 3.28. The predicted octanol–water partition coefficient (Wildman–Crippen LogP) is 3.45. The van der Waals surface area contributed by atoms with Crippen LogP contribution in [0.15, 0.2) is 0 Å². The van der Waals surface area contributed by atoms with Crippen LogP contribution in [0.3, 0.4) is 0 Å². The third kappa shape index (κ3) is 2.75. The van der Waals surface area contributed by atoms with Gasteiger partial charge in [0.2, 0.25) is 0 Å². The minimum atomic E-state index is 0.554. The molecule has 2 fully saturated rings. The molecule has 1 nitrogen and oxygen atoms in total. The van der Waals surface area contributed by atoms with E-state index in [1.54, 1.807) is 12.8 Å². The fourth-order valence-corrected chi connectivity index (χ4v) is 3.90. The second-order valence-electron chi connectivity index (χ2n) is 6.66. The van der Waals surface area contributed by atoms with Crippen molar-refractivity contribution in [1.29, 1.82) is 0 Å². The smallest absolute Gasteiger partial charge is 0.00468 e. The van der Waals surface area contributed by atoms with Gasteiger partial charge in [0.15, 0.2) is 0 Å². The Labute approximate surface area is 95.0 Å². The summed E-state index contributed by atoms with van der Waals surface area (Å²) < 4.78 is 0. The standard InChI is InChI=1S/C14H27N/c1-14(2,6-7-15-3)10-13-9-11-4-5-12(13)8-11/h11-13,15H,4-10H2,1-3H3. The van der Waals surface area contributed by atoms with Crippen molar-refractivity contribution in [3.63, 3.8) is 0 Å². The van der Waals surface area contributed by atoms with Gasteiger partial charge >= 0.3 is 0 Å². The molecule has 0 radical (unpaired) electrons.